The number of halogens is 1. The molecule has 0 aromatic heterocycles. The van der Waals surface area contributed by atoms with Crippen molar-refractivity contribution in [3.63, 3.8) is 0 Å². The maximum atomic E-state index is 11.4. The first-order valence-electron chi connectivity index (χ1n) is 8.95. The second-order valence-electron chi connectivity index (χ2n) is 6.93. The van der Waals surface area contributed by atoms with Gasteiger partial charge in [-0.05, 0) is 48.7 Å². The summed E-state index contributed by atoms with van der Waals surface area (Å²) < 4.78 is 5.15. The van der Waals surface area contributed by atoms with Crippen LogP contribution in [0.4, 0.5) is 5.69 Å². The quantitative estimate of drug-likeness (QED) is 0.286. The molecule has 158 valence electrons. The minimum absolute atomic E-state index is 0. The van der Waals surface area contributed by atoms with Crippen LogP contribution in [0.25, 0.3) is 0 Å². The molecule has 1 aliphatic heterocycles. The van der Waals surface area contributed by atoms with Crippen LogP contribution < -0.4 is 15.4 Å². The summed E-state index contributed by atoms with van der Waals surface area (Å²) in [5.74, 6) is -3.10. The van der Waals surface area contributed by atoms with Crippen LogP contribution in [-0.4, -0.2) is 105 Å². The summed E-state index contributed by atoms with van der Waals surface area (Å²) in [6.45, 7) is 2.27. The fourth-order valence-electron chi connectivity index (χ4n) is 3.13. The van der Waals surface area contributed by atoms with E-state index in [9.17, 15) is 24.9 Å². The number of aliphatic hydroxyl groups is 1. The summed E-state index contributed by atoms with van der Waals surface area (Å²) in [6, 6.07) is 12.0. The first kappa shape index (κ1) is 28.2. The number of carbonyl (C=O) groups is 2. The molecule has 0 radical (unpaired) electrons. The van der Waals surface area contributed by atoms with Gasteiger partial charge in [-0.1, -0.05) is 29.8 Å². The standard InChI is InChI=1S/C20H21ClN2O6.2Na.2H/c1-11(22-10-16(24)13-3-2-4-14(21)9-13)7-12-5-6-17-15(8-12)23-20(29-17,18(25)26)19(27)28;;;;/h2-6,8-9,11,16,22-24H,7,10H2,1H3,(H,25,26)(H,27,28);;;;. The third kappa shape index (κ3) is 6.60. The number of fused-ring (bicyclic) bond motifs is 1. The molecule has 11 heteroatoms. The molecule has 0 saturated carbocycles. The zero-order chi connectivity index (χ0) is 21.2. The van der Waals surface area contributed by atoms with E-state index < -0.39 is 23.8 Å². The number of rotatable bonds is 8. The normalized spacial score (nSPS) is 15.2. The van der Waals surface area contributed by atoms with E-state index in [-0.39, 0.29) is 70.9 Å². The van der Waals surface area contributed by atoms with Gasteiger partial charge in [-0.15, -0.1) is 0 Å². The van der Waals surface area contributed by atoms with Gasteiger partial charge in [-0.3, -0.25) is 0 Å². The van der Waals surface area contributed by atoms with Gasteiger partial charge in [0.15, 0.2) is 0 Å². The van der Waals surface area contributed by atoms with Gasteiger partial charge in [0, 0.05) is 17.6 Å². The number of benzene rings is 2. The van der Waals surface area contributed by atoms with Gasteiger partial charge in [0.05, 0.1) is 11.8 Å². The van der Waals surface area contributed by atoms with Crippen molar-refractivity contribution in [2.45, 2.75) is 31.2 Å². The number of hydrogen-bond acceptors (Lipinski definition) is 6. The molecule has 0 amide bonds. The number of anilines is 1. The number of carboxylic acids is 2. The van der Waals surface area contributed by atoms with Crippen LogP contribution in [0.15, 0.2) is 42.5 Å². The summed E-state index contributed by atoms with van der Waals surface area (Å²) in [6.07, 6.45) is -0.136. The van der Waals surface area contributed by atoms with Crippen molar-refractivity contribution in [2.24, 2.45) is 0 Å². The molecular formula is C20H23ClN2Na2O6. The molecule has 1 heterocycles. The van der Waals surface area contributed by atoms with E-state index in [2.05, 4.69) is 10.6 Å². The van der Waals surface area contributed by atoms with E-state index in [4.69, 9.17) is 16.3 Å². The SMILES string of the molecule is CC(Cc1ccc2c(c1)NC(C(=O)O)(C(=O)O)O2)NCC(O)c1cccc(Cl)c1.[NaH].[NaH]. The van der Waals surface area contributed by atoms with E-state index >= 15 is 0 Å². The van der Waals surface area contributed by atoms with Crippen LogP contribution in [0.1, 0.15) is 24.2 Å². The predicted octanol–water partition coefficient (Wildman–Crippen LogP) is 0.967. The maximum absolute atomic E-state index is 11.4. The Labute approximate surface area is 228 Å². The molecule has 1 aliphatic rings. The number of carboxylic acid groups (broad SMARTS) is 2. The average molecular weight is 469 g/mol. The van der Waals surface area contributed by atoms with Crippen LogP contribution in [-0.2, 0) is 16.0 Å². The molecule has 5 N–H and O–H groups in total. The molecule has 2 unspecified atom stereocenters. The second-order valence-corrected chi connectivity index (χ2v) is 7.37. The van der Waals surface area contributed by atoms with Crippen LogP contribution in [0, 0.1) is 0 Å². The van der Waals surface area contributed by atoms with Crippen molar-refractivity contribution < 1.29 is 29.6 Å². The van der Waals surface area contributed by atoms with Crippen LogP contribution in [0.2, 0.25) is 5.02 Å². The number of aliphatic hydroxyl groups excluding tert-OH is 1. The molecule has 0 fully saturated rings. The summed E-state index contributed by atoms with van der Waals surface area (Å²) in [4.78, 5) is 22.7. The number of hydrogen-bond donors (Lipinski definition) is 5. The number of aliphatic carboxylic acids is 2. The molecule has 0 aliphatic carbocycles. The zero-order valence-electron chi connectivity index (χ0n) is 15.6. The van der Waals surface area contributed by atoms with Gasteiger partial charge >= 0.3 is 76.8 Å². The first-order chi connectivity index (χ1) is 13.7. The Kier molecular flexibility index (Phi) is 10.8. The van der Waals surface area contributed by atoms with E-state index in [1.807, 2.05) is 6.92 Å². The van der Waals surface area contributed by atoms with E-state index in [1.165, 1.54) is 0 Å². The Bertz CT molecular complexity index is 932. The van der Waals surface area contributed by atoms with E-state index in [0.717, 1.165) is 11.1 Å². The molecule has 0 spiro atoms. The first-order valence-corrected chi connectivity index (χ1v) is 9.33. The van der Waals surface area contributed by atoms with Crippen molar-refractivity contribution in [3.8, 4) is 5.75 Å². The zero-order valence-corrected chi connectivity index (χ0v) is 16.3. The van der Waals surface area contributed by atoms with Crippen LogP contribution in [0.3, 0.4) is 0 Å². The Hall–Kier alpha value is -0.810. The minimum atomic E-state index is -2.52. The fraction of sp³-hybridized carbons (Fsp3) is 0.300. The molecule has 2 aromatic carbocycles. The van der Waals surface area contributed by atoms with Gasteiger partial charge in [0.25, 0.3) is 0 Å². The summed E-state index contributed by atoms with van der Waals surface area (Å²) in [5.41, 5.74) is -0.650. The van der Waals surface area contributed by atoms with Gasteiger partial charge in [0.1, 0.15) is 5.75 Å². The molecular weight excluding hydrogens is 446 g/mol. The Morgan fingerprint density at radius 3 is 2.45 bits per heavy atom. The average Bonchev–Trinajstić information content (AvgIpc) is 3.06. The second kappa shape index (κ2) is 11.9. The van der Waals surface area contributed by atoms with Crippen molar-refractivity contribution in [2.75, 3.05) is 11.9 Å². The topological polar surface area (TPSA) is 128 Å². The molecule has 3 rings (SSSR count). The van der Waals surface area contributed by atoms with Crippen LogP contribution >= 0.6 is 11.6 Å². The summed E-state index contributed by atoms with van der Waals surface area (Å²) >= 11 is 5.94. The van der Waals surface area contributed by atoms with Gasteiger partial charge in [0.2, 0.25) is 0 Å². The Morgan fingerprint density at radius 2 is 1.84 bits per heavy atom. The van der Waals surface area contributed by atoms with Gasteiger partial charge < -0.3 is 30.7 Å². The fourth-order valence-corrected chi connectivity index (χ4v) is 3.33. The van der Waals surface area contributed by atoms with Crippen LogP contribution in [0.5, 0.6) is 5.75 Å². The third-order valence-electron chi connectivity index (χ3n) is 4.66. The third-order valence-corrected chi connectivity index (χ3v) is 4.89. The molecule has 0 bridgehead atoms. The summed E-state index contributed by atoms with van der Waals surface area (Å²) in [7, 11) is 0. The van der Waals surface area contributed by atoms with Crippen molar-refractivity contribution in [1.82, 2.24) is 5.32 Å². The number of ether oxygens (including phenoxy) is 1. The van der Waals surface area contributed by atoms with Crippen molar-refractivity contribution >= 4 is 88.3 Å². The summed E-state index contributed by atoms with van der Waals surface area (Å²) in [5, 5.41) is 35.0. The van der Waals surface area contributed by atoms with Crippen molar-refractivity contribution in [3.05, 3.63) is 58.6 Å². The van der Waals surface area contributed by atoms with Crippen molar-refractivity contribution in [1.29, 1.82) is 0 Å². The Morgan fingerprint density at radius 1 is 1.16 bits per heavy atom. The molecule has 31 heavy (non-hydrogen) atoms. The molecule has 8 nitrogen and oxygen atoms in total. The van der Waals surface area contributed by atoms with Gasteiger partial charge in [-0.25, -0.2) is 9.59 Å². The van der Waals surface area contributed by atoms with E-state index in [0.29, 0.717) is 23.7 Å². The van der Waals surface area contributed by atoms with E-state index in [1.54, 1.807) is 42.5 Å². The molecule has 0 saturated heterocycles. The Balaban J connectivity index is 0.00000240. The predicted molar refractivity (Wildman–Crippen MR) is 121 cm³/mol. The molecule has 2 aromatic rings. The number of nitrogens with one attached hydrogen (secondary N) is 2. The van der Waals surface area contributed by atoms with Gasteiger partial charge in [-0.2, -0.15) is 0 Å². The molecule has 2 atom stereocenters. The monoisotopic (exact) mass is 468 g/mol.